The molecule has 0 saturated carbocycles. The lowest BCUT2D eigenvalue weighted by Crippen LogP contribution is -2.42. The molecule has 122 valence electrons. The Labute approximate surface area is 140 Å². The largest absolute Gasteiger partial charge is 0.339 e. The van der Waals surface area contributed by atoms with Gasteiger partial charge < -0.3 is 4.90 Å². The highest BCUT2D eigenvalue weighted by atomic mass is 32.2. The van der Waals surface area contributed by atoms with E-state index in [1.165, 1.54) is 18.2 Å². The van der Waals surface area contributed by atoms with Crippen LogP contribution in [0.4, 0.5) is 0 Å². The first-order valence-corrected chi connectivity index (χ1v) is 8.91. The highest BCUT2D eigenvalue weighted by Gasteiger charge is 2.23. The molecule has 2 aromatic rings. The number of amides is 1. The van der Waals surface area contributed by atoms with Crippen LogP contribution in [0.5, 0.6) is 0 Å². The molecule has 7 heteroatoms. The van der Waals surface area contributed by atoms with Crippen molar-refractivity contribution in [3.05, 3.63) is 29.8 Å². The molecule has 0 radical (unpaired) electrons. The van der Waals surface area contributed by atoms with E-state index in [0.717, 1.165) is 30.6 Å². The van der Waals surface area contributed by atoms with Gasteiger partial charge in [-0.15, -0.1) is 5.10 Å². The van der Waals surface area contributed by atoms with Gasteiger partial charge in [-0.1, -0.05) is 23.9 Å². The van der Waals surface area contributed by atoms with Crippen molar-refractivity contribution in [3.8, 4) is 5.69 Å². The normalized spacial score (nSPS) is 18.2. The lowest BCUT2D eigenvalue weighted by Gasteiger charge is -2.33. The SMILES string of the molecule is Cc1cccc(-n2nnnc2SCC(=O)N2CCCCC2C)c1. The first kappa shape index (κ1) is 16.0. The third kappa shape index (κ3) is 3.72. The number of nitrogens with zero attached hydrogens (tertiary/aromatic N) is 5. The van der Waals surface area contributed by atoms with E-state index < -0.39 is 0 Å². The average Bonchev–Trinajstić information content (AvgIpc) is 3.01. The number of likely N-dealkylation sites (tertiary alicyclic amines) is 1. The zero-order valence-electron chi connectivity index (χ0n) is 13.5. The van der Waals surface area contributed by atoms with Gasteiger partial charge in [0.15, 0.2) is 0 Å². The highest BCUT2D eigenvalue weighted by Crippen LogP contribution is 2.22. The fraction of sp³-hybridized carbons (Fsp3) is 0.500. The van der Waals surface area contributed by atoms with E-state index in [4.69, 9.17) is 0 Å². The van der Waals surface area contributed by atoms with Crippen molar-refractivity contribution in [2.75, 3.05) is 12.3 Å². The molecular weight excluding hydrogens is 310 g/mol. The van der Waals surface area contributed by atoms with Crippen molar-refractivity contribution >= 4 is 17.7 Å². The lowest BCUT2D eigenvalue weighted by molar-refractivity contribution is -0.131. The number of thioether (sulfide) groups is 1. The molecule has 0 N–H and O–H groups in total. The Hall–Kier alpha value is -1.89. The molecule has 23 heavy (non-hydrogen) atoms. The second-order valence-electron chi connectivity index (χ2n) is 5.93. The molecular formula is C16H21N5OS. The number of piperidine rings is 1. The standard InChI is InChI=1S/C16H21N5OS/c1-12-6-5-8-14(10-12)21-16(17-18-19-21)23-11-15(22)20-9-4-3-7-13(20)2/h5-6,8,10,13H,3-4,7,9,11H2,1-2H3. The van der Waals surface area contributed by atoms with Crippen LogP contribution >= 0.6 is 11.8 Å². The second kappa shape index (κ2) is 7.12. The maximum absolute atomic E-state index is 12.4. The summed E-state index contributed by atoms with van der Waals surface area (Å²) in [6.45, 7) is 5.02. The van der Waals surface area contributed by atoms with Gasteiger partial charge in [0, 0.05) is 12.6 Å². The maximum Gasteiger partial charge on any atom is 0.233 e. The van der Waals surface area contributed by atoms with Gasteiger partial charge in [0.25, 0.3) is 0 Å². The summed E-state index contributed by atoms with van der Waals surface area (Å²) >= 11 is 1.39. The number of rotatable bonds is 4. The molecule has 0 bridgehead atoms. The number of tetrazole rings is 1. The smallest absolute Gasteiger partial charge is 0.233 e. The van der Waals surface area contributed by atoms with Crippen LogP contribution in [-0.2, 0) is 4.79 Å². The summed E-state index contributed by atoms with van der Waals surface area (Å²) in [5, 5.41) is 12.5. The van der Waals surface area contributed by atoms with Crippen molar-refractivity contribution < 1.29 is 4.79 Å². The molecule has 1 unspecified atom stereocenters. The average molecular weight is 331 g/mol. The second-order valence-corrected chi connectivity index (χ2v) is 6.88. The molecule has 1 atom stereocenters. The monoisotopic (exact) mass is 331 g/mol. The van der Waals surface area contributed by atoms with E-state index in [1.54, 1.807) is 4.68 Å². The molecule has 1 saturated heterocycles. The molecule has 3 rings (SSSR count). The molecule has 1 aromatic heterocycles. The van der Waals surface area contributed by atoms with Gasteiger partial charge in [0.1, 0.15) is 0 Å². The Bertz CT molecular complexity index is 687. The lowest BCUT2D eigenvalue weighted by atomic mass is 10.0. The van der Waals surface area contributed by atoms with Crippen LogP contribution in [0.2, 0.25) is 0 Å². The summed E-state index contributed by atoms with van der Waals surface area (Å²) in [6.07, 6.45) is 3.41. The van der Waals surface area contributed by atoms with E-state index in [-0.39, 0.29) is 5.91 Å². The number of hydrogen-bond acceptors (Lipinski definition) is 5. The van der Waals surface area contributed by atoms with Crippen LogP contribution in [0.15, 0.2) is 29.4 Å². The third-order valence-electron chi connectivity index (χ3n) is 4.14. The van der Waals surface area contributed by atoms with Crippen LogP contribution < -0.4 is 0 Å². The van der Waals surface area contributed by atoms with Crippen LogP contribution in [0, 0.1) is 6.92 Å². The summed E-state index contributed by atoms with van der Waals surface area (Å²) in [7, 11) is 0. The van der Waals surface area contributed by atoms with Crippen LogP contribution in [-0.4, -0.2) is 49.4 Å². The van der Waals surface area contributed by atoms with Gasteiger partial charge in [-0.3, -0.25) is 4.79 Å². The predicted molar refractivity (Wildman–Crippen MR) is 89.6 cm³/mol. The quantitative estimate of drug-likeness (QED) is 0.805. The van der Waals surface area contributed by atoms with Crippen LogP contribution in [0.1, 0.15) is 31.7 Å². The van der Waals surface area contributed by atoms with E-state index in [0.29, 0.717) is 17.0 Å². The van der Waals surface area contributed by atoms with Gasteiger partial charge in [-0.25, -0.2) is 0 Å². The highest BCUT2D eigenvalue weighted by molar-refractivity contribution is 7.99. The Morgan fingerprint density at radius 1 is 1.39 bits per heavy atom. The van der Waals surface area contributed by atoms with E-state index in [1.807, 2.05) is 36.1 Å². The molecule has 1 aliphatic rings. The van der Waals surface area contributed by atoms with Gasteiger partial charge in [0.05, 0.1) is 11.4 Å². The fourth-order valence-electron chi connectivity index (χ4n) is 2.87. The number of aryl methyl sites for hydroxylation is 1. The van der Waals surface area contributed by atoms with E-state index in [2.05, 4.69) is 22.4 Å². The van der Waals surface area contributed by atoms with Gasteiger partial charge in [0.2, 0.25) is 11.1 Å². The number of benzene rings is 1. The molecule has 6 nitrogen and oxygen atoms in total. The summed E-state index contributed by atoms with van der Waals surface area (Å²) in [6, 6.07) is 8.32. The van der Waals surface area contributed by atoms with Crippen molar-refractivity contribution in [1.82, 2.24) is 25.1 Å². The molecule has 1 fully saturated rings. The van der Waals surface area contributed by atoms with Crippen molar-refractivity contribution in [3.63, 3.8) is 0 Å². The number of carbonyl (C=O) groups excluding carboxylic acids is 1. The fourth-order valence-corrected chi connectivity index (χ4v) is 3.65. The third-order valence-corrected chi connectivity index (χ3v) is 5.04. The topological polar surface area (TPSA) is 63.9 Å². The first-order chi connectivity index (χ1) is 11.1. The van der Waals surface area contributed by atoms with Crippen LogP contribution in [0.25, 0.3) is 5.69 Å². The molecule has 1 aliphatic heterocycles. The summed E-state index contributed by atoms with van der Waals surface area (Å²) in [5.41, 5.74) is 2.06. The van der Waals surface area contributed by atoms with Crippen LogP contribution in [0.3, 0.4) is 0 Å². The number of hydrogen-bond donors (Lipinski definition) is 0. The molecule has 1 amide bonds. The zero-order valence-corrected chi connectivity index (χ0v) is 14.3. The molecule has 1 aromatic carbocycles. The summed E-state index contributed by atoms with van der Waals surface area (Å²) in [5.74, 6) is 0.539. The van der Waals surface area contributed by atoms with Crippen molar-refractivity contribution in [2.24, 2.45) is 0 Å². The zero-order chi connectivity index (χ0) is 16.2. The van der Waals surface area contributed by atoms with Gasteiger partial charge in [-0.05, 0) is 61.2 Å². The Balaban J connectivity index is 1.67. The van der Waals surface area contributed by atoms with Crippen molar-refractivity contribution in [2.45, 2.75) is 44.3 Å². The predicted octanol–water partition coefficient (Wildman–Crippen LogP) is 2.46. The number of carbonyl (C=O) groups is 1. The molecule has 0 spiro atoms. The minimum atomic E-state index is 0.168. The Morgan fingerprint density at radius 2 is 2.26 bits per heavy atom. The van der Waals surface area contributed by atoms with Gasteiger partial charge in [-0.2, -0.15) is 4.68 Å². The first-order valence-electron chi connectivity index (χ1n) is 7.93. The Morgan fingerprint density at radius 3 is 3.04 bits per heavy atom. The summed E-state index contributed by atoms with van der Waals surface area (Å²) < 4.78 is 1.69. The number of aromatic nitrogens is 4. The molecule has 2 heterocycles. The van der Waals surface area contributed by atoms with Gasteiger partial charge >= 0.3 is 0 Å². The molecule has 0 aliphatic carbocycles. The van der Waals surface area contributed by atoms with Crippen molar-refractivity contribution in [1.29, 1.82) is 0 Å². The van der Waals surface area contributed by atoms with E-state index >= 15 is 0 Å². The van der Waals surface area contributed by atoms with E-state index in [9.17, 15) is 4.79 Å². The summed E-state index contributed by atoms with van der Waals surface area (Å²) in [4.78, 5) is 14.4. The minimum absolute atomic E-state index is 0.168. The minimum Gasteiger partial charge on any atom is -0.339 e. The maximum atomic E-state index is 12.4. The Kier molecular flexibility index (Phi) is 4.95.